The van der Waals surface area contributed by atoms with E-state index in [0.29, 0.717) is 6.61 Å². The van der Waals surface area contributed by atoms with Crippen molar-refractivity contribution >= 4 is 11.9 Å². The Labute approximate surface area is 146 Å². The number of nitrogens with one attached hydrogen (secondary N) is 1. The summed E-state index contributed by atoms with van der Waals surface area (Å²) in [5, 5.41) is 12.9. The highest BCUT2D eigenvalue weighted by atomic mass is 16.5. The molecule has 1 aromatic rings. The maximum atomic E-state index is 12.5. The molecule has 0 aromatic heterocycles. The molecule has 1 saturated carbocycles. The molecule has 0 spiro atoms. The van der Waals surface area contributed by atoms with Gasteiger partial charge < -0.3 is 19.9 Å². The number of β-amino-alcohol motifs (C(OH)–C–C–N with tert-alkyl or cyclic N) is 1. The Hall–Kier alpha value is -2.12. The lowest BCUT2D eigenvalue weighted by Crippen LogP contribution is -2.46. The van der Waals surface area contributed by atoms with Crippen LogP contribution in [0.2, 0.25) is 0 Å². The predicted octanol–water partition coefficient (Wildman–Crippen LogP) is 1.29. The molecule has 3 amide bonds. The zero-order chi connectivity index (χ0) is 18.0. The minimum absolute atomic E-state index is 0.0449. The first-order valence-electron chi connectivity index (χ1n) is 8.47. The lowest BCUT2D eigenvalue weighted by molar-refractivity contribution is -0.132. The van der Waals surface area contributed by atoms with E-state index in [1.807, 2.05) is 24.3 Å². The highest BCUT2D eigenvalue weighted by molar-refractivity contribution is 6.07. The van der Waals surface area contributed by atoms with Crippen molar-refractivity contribution in [1.29, 1.82) is 0 Å². The van der Waals surface area contributed by atoms with Crippen molar-refractivity contribution in [2.75, 3.05) is 20.3 Å². The van der Waals surface area contributed by atoms with E-state index in [-0.39, 0.29) is 25.0 Å². The van der Waals surface area contributed by atoms with Gasteiger partial charge in [0, 0.05) is 0 Å². The summed E-state index contributed by atoms with van der Waals surface area (Å²) in [6.45, 7) is 2.08. The number of amides is 3. The quantitative estimate of drug-likeness (QED) is 0.691. The van der Waals surface area contributed by atoms with Crippen LogP contribution in [0.15, 0.2) is 24.3 Å². The number of urea groups is 1. The second-order valence-electron chi connectivity index (χ2n) is 6.84. The molecule has 1 aromatic carbocycles. The Kier molecular flexibility index (Phi) is 4.96. The van der Waals surface area contributed by atoms with Crippen LogP contribution >= 0.6 is 0 Å². The summed E-state index contributed by atoms with van der Waals surface area (Å²) in [4.78, 5) is 25.6. The molecule has 0 radical (unpaired) electrons. The van der Waals surface area contributed by atoms with Crippen molar-refractivity contribution in [3.05, 3.63) is 29.8 Å². The van der Waals surface area contributed by atoms with Crippen LogP contribution in [0.5, 0.6) is 5.75 Å². The van der Waals surface area contributed by atoms with Gasteiger partial charge in [0.2, 0.25) is 0 Å². The number of aliphatic hydroxyl groups excluding tert-OH is 1. The fourth-order valence-corrected chi connectivity index (χ4v) is 3.12. The molecule has 25 heavy (non-hydrogen) atoms. The largest absolute Gasteiger partial charge is 0.497 e. The van der Waals surface area contributed by atoms with Gasteiger partial charge in [0.25, 0.3) is 5.91 Å². The molecule has 7 heteroatoms. The lowest BCUT2D eigenvalue weighted by Gasteiger charge is -2.22. The van der Waals surface area contributed by atoms with Gasteiger partial charge in [-0.05, 0) is 43.4 Å². The Bertz CT molecular complexity index is 643. The van der Waals surface area contributed by atoms with Crippen LogP contribution in [0.3, 0.4) is 0 Å². The second-order valence-corrected chi connectivity index (χ2v) is 6.84. The summed E-state index contributed by atoms with van der Waals surface area (Å²) in [7, 11) is 1.60. The van der Waals surface area contributed by atoms with Crippen LogP contribution in [-0.4, -0.2) is 53.8 Å². The molecule has 136 valence electrons. The number of ether oxygens (including phenoxy) is 2. The Morgan fingerprint density at radius 1 is 1.32 bits per heavy atom. The molecule has 1 heterocycles. The van der Waals surface area contributed by atoms with E-state index in [2.05, 4.69) is 5.32 Å². The van der Waals surface area contributed by atoms with E-state index in [9.17, 15) is 14.7 Å². The maximum Gasteiger partial charge on any atom is 0.325 e. The van der Waals surface area contributed by atoms with Gasteiger partial charge in [0.1, 0.15) is 11.3 Å². The normalized spacial score (nSPS) is 24.4. The Balaban J connectivity index is 1.46. The van der Waals surface area contributed by atoms with Gasteiger partial charge in [0.15, 0.2) is 0 Å². The summed E-state index contributed by atoms with van der Waals surface area (Å²) in [5.74, 6) is 0.715. The van der Waals surface area contributed by atoms with Crippen LogP contribution < -0.4 is 10.1 Å². The summed E-state index contributed by atoms with van der Waals surface area (Å²) in [6.07, 6.45) is 0.975. The van der Waals surface area contributed by atoms with E-state index in [1.54, 1.807) is 14.0 Å². The van der Waals surface area contributed by atoms with E-state index in [1.165, 1.54) is 0 Å². The standard InChI is InChI=1S/C18H24N2O5/c1-18(13-5-6-13)16(22)20(17(23)19-18)9-14(21)11-25-10-12-3-7-15(24-2)8-4-12/h3-4,7-8,13-14,21H,5-6,9-11H2,1-2H3,(H,19,23). The monoisotopic (exact) mass is 348 g/mol. The van der Waals surface area contributed by atoms with Gasteiger partial charge in [-0.15, -0.1) is 0 Å². The number of benzene rings is 1. The molecule has 2 N–H and O–H groups in total. The van der Waals surface area contributed by atoms with Crippen molar-refractivity contribution < 1.29 is 24.2 Å². The molecule has 1 aliphatic carbocycles. The number of aliphatic hydroxyl groups is 1. The molecule has 2 fully saturated rings. The molecular weight excluding hydrogens is 324 g/mol. The summed E-state index contributed by atoms with van der Waals surface area (Å²) < 4.78 is 10.6. The van der Waals surface area contributed by atoms with E-state index >= 15 is 0 Å². The molecular formula is C18H24N2O5. The van der Waals surface area contributed by atoms with Crippen molar-refractivity contribution in [3.63, 3.8) is 0 Å². The molecule has 2 aliphatic rings. The first kappa shape index (κ1) is 17.7. The van der Waals surface area contributed by atoms with E-state index < -0.39 is 17.7 Å². The SMILES string of the molecule is COc1ccc(COCC(O)CN2C(=O)NC(C)(C3CC3)C2=O)cc1. The minimum Gasteiger partial charge on any atom is -0.497 e. The third-order valence-corrected chi connectivity index (χ3v) is 4.83. The average Bonchev–Trinajstić information content (AvgIpc) is 3.42. The predicted molar refractivity (Wildman–Crippen MR) is 90.0 cm³/mol. The van der Waals surface area contributed by atoms with Crippen molar-refractivity contribution in [2.45, 2.75) is 38.0 Å². The van der Waals surface area contributed by atoms with Gasteiger partial charge in [-0.2, -0.15) is 0 Å². The molecule has 2 unspecified atom stereocenters. The molecule has 7 nitrogen and oxygen atoms in total. The highest BCUT2D eigenvalue weighted by Gasteiger charge is 2.56. The van der Waals surface area contributed by atoms with Gasteiger partial charge >= 0.3 is 6.03 Å². The zero-order valence-corrected chi connectivity index (χ0v) is 14.5. The second kappa shape index (κ2) is 7.01. The number of carbonyl (C=O) groups excluding carboxylic acids is 2. The summed E-state index contributed by atoms with van der Waals surface area (Å²) >= 11 is 0. The van der Waals surface area contributed by atoms with Crippen molar-refractivity contribution in [1.82, 2.24) is 10.2 Å². The number of imide groups is 1. The number of methoxy groups -OCH3 is 1. The topological polar surface area (TPSA) is 88.1 Å². The smallest absolute Gasteiger partial charge is 0.325 e. The van der Waals surface area contributed by atoms with Crippen molar-refractivity contribution in [2.24, 2.45) is 5.92 Å². The fourth-order valence-electron chi connectivity index (χ4n) is 3.12. The first-order chi connectivity index (χ1) is 11.9. The van der Waals surface area contributed by atoms with Crippen LogP contribution in [0.25, 0.3) is 0 Å². The van der Waals surface area contributed by atoms with Gasteiger partial charge in [-0.3, -0.25) is 9.69 Å². The number of carbonyl (C=O) groups is 2. The van der Waals surface area contributed by atoms with E-state index in [0.717, 1.165) is 29.1 Å². The molecule has 1 saturated heterocycles. The lowest BCUT2D eigenvalue weighted by atomic mass is 9.96. The molecule has 0 bridgehead atoms. The molecule has 1 aliphatic heterocycles. The molecule has 2 atom stereocenters. The van der Waals surface area contributed by atoms with Gasteiger partial charge in [-0.25, -0.2) is 4.79 Å². The molecule has 3 rings (SSSR count). The first-order valence-corrected chi connectivity index (χ1v) is 8.47. The van der Waals surface area contributed by atoms with E-state index in [4.69, 9.17) is 9.47 Å². The van der Waals surface area contributed by atoms with Gasteiger partial charge in [-0.1, -0.05) is 12.1 Å². The number of hydrogen-bond acceptors (Lipinski definition) is 5. The van der Waals surface area contributed by atoms with Crippen molar-refractivity contribution in [3.8, 4) is 5.75 Å². The minimum atomic E-state index is -0.922. The third kappa shape index (κ3) is 3.77. The van der Waals surface area contributed by atoms with Crippen LogP contribution in [0.4, 0.5) is 4.79 Å². The number of nitrogens with zero attached hydrogens (tertiary/aromatic N) is 1. The Morgan fingerprint density at radius 3 is 2.60 bits per heavy atom. The van der Waals surface area contributed by atoms with Crippen LogP contribution in [0, 0.1) is 5.92 Å². The zero-order valence-electron chi connectivity index (χ0n) is 14.5. The summed E-state index contributed by atoms with van der Waals surface area (Å²) in [5.41, 5.74) is 0.130. The number of rotatable bonds is 8. The van der Waals surface area contributed by atoms with Gasteiger partial charge in [0.05, 0.1) is 33.0 Å². The average molecular weight is 348 g/mol. The fraction of sp³-hybridized carbons (Fsp3) is 0.556. The number of hydrogen-bond donors (Lipinski definition) is 2. The summed E-state index contributed by atoms with van der Waals surface area (Å²) in [6, 6.07) is 6.99. The Morgan fingerprint density at radius 2 is 2.00 bits per heavy atom. The maximum absolute atomic E-state index is 12.5. The highest BCUT2D eigenvalue weighted by Crippen LogP contribution is 2.42. The van der Waals surface area contributed by atoms with Crippen LogP contribution in [-0.2, 0) is 16.1 Å². The van der Waals surface area contributed by atoms with Crippen LogP contribution in [0.1, 0.15) is 25.3 Å². The third-order valence-electron chi connectivity index (χ3n) is 4.83.